The second kappa shape index (κ2) is 6.53. The van der Waals surface area contributed by atoms with Crippen molar-refractivity contribution in [3.63, 3.8) is 0 Å². The lowest BCUT2D eigenvalue weighted by molar-refractivity contribution is -0.385. The third kappa shape index (κ3) is 3.48. The molecule has 2 heterocycles. The van der Waals surface area contributed by atoms with E-state index in [2.05, 4.69) is 35.7 Å². The molecule has 0 saturated carbocycles. The second-order valence-corrected chi connectivity index (χ2v) is 5.58. The Kier molecular flexibility index (Phi) is 4.73. The number of nitrogens with zero attached hydrogens (tertiary/aromatic N) is 6. The van der Waals surface area contributed by atoms with Crippen LogP contribution in [0.25, 0.3) is 0 Å². The molecule has 0 bridgehead atoms. The predicted octanol–water partition coefficient (Wildman–Crippen LogP) is 2.44. The highest BCUT2D eigenvalue weighted by molar-refractivity contribution is 7.98. The number of hydrogen-bond donors (Lipinski definition) is 0. The van der Waals surface area contributed by atoms with Gasteiger partial charge in [-0.15, -0.1) is 16.8 Å². The molecule has 0 amide bonds. The van der Waals surface area contributed by atoms with Crippen LogP contribution < -0.4 is 0 Å². The Morgan fingerprint density at radius 1 is 1.52 bits per heavy atom. The van der Waals surface area contributed by atoms with E-state index < -0.39 is 4.92 Å². The van der Waals surface area contributed by atoms with E-state index in [1.807, 2.05) is 4.57 Å². The molecule has 0 spiro atoms. The first-order chi connectivity index (χ1) is 10.0. The summed E-state index contributed by atoms with van der Waals surface area (Å²) in [5.74, 6) is 1.59. The van der Waals surface area contributed by atoms with Crippen LogP contribution >= 0.6 is 11.8 Å². The fraction of sp³-hybridized carbons (Fsp3) is 0.417. The van der Waals surface area contributed by atoms with Gasteiger partial charge in [-0.05, 0) is 0 Å². The lowest BCUT2D eigenvalue weighted by Crippen LogP contribution is -2.06. The normalized spacial score (nSPS) is 11.0. The average Bonchev–Trinajstić information content (AvgIpc) is 3.03. The van der Waals surface area contributed by atoms with Crippen molar-refractivity contribution in [3.8, 4) is 0 Å². The molecule has 0 aliphatic heterocycles. The van der Waals surface area contributed by atoms with Crippen molar-refractivity contribution in [1.82, 2.24) is 24.5 Å². The molecule has 0 aliphatic carbocycles. The third-order valence-electron chi connectivity index (χ3n) is 2.73. The highest BCUT2D eigenvalue weighted by atomic mass is 32.2. The van der Waals surface area contributed by atoms with Crippen molar-refractivity contribution >= 4 is 17.4 Å². The van der Waals surface area contributed by atoms with Gasteiger partial charge in [0.05, 0.1) is 10.8 Å². The Morgan fingerprint density at radius 3 is 2.86 bits per heavy atom. The molecule has 8 nitrogen and oxygen atoms in total. The fourth-order valence-electron chi connectivity index (χ4n) is 1.78. The first-order valence-electron chi connectivity index (χ1n) is 6.36. The van der Waals surface area contributed by atoms with Crippen molar-refractivity contribution in [1.29, 1.82) is 0 Å². The van der Waals surface area contributed by atoms with Crippen LogP contribution in [0.1, 0.15) is 25.6 Å². The van der Waals surface area contributed by atoms with Gasteiger partial charge in [0, 0.05) is 12.5 Å². The van der Waals surface area contributed by atoms with Gasteiger partial charge in [-0.2, -0.15) is 5.10 Å². The Hall–Kier alpha value is -2.16. The highest BCUT2D eigenvalue weighted by Gasteiger charge is 2.15. The molecule has 2 rings (SSSR count). The second-order valence-electron chi connectivity index (χ2n) is 4.66. The maximum atomic E-state index is 10.6. The van der Waals surface area contributed by atoms with Crippen molar-refractivity contribution in [2.24, 2.45) is 0 Å². The van der Waals surface area contributed by atoms with Crippen LogP contribution in [0.2, 0.25) is 0 Å². The number of allylic oxidation sites excluding steroid dienone is 1. The molecule has 112 valence electrons. The van der Waals surface area contributed by atoms with Crippen LogP contribution in [0.15, 0.2) is 30.2 Å². The summed E-state index contributed by atoms with van der Waals surface area (Å²) in [4.78, 5) is 10.1. The average molecular weight is 308 g/mol. The molecule has 2 aromatic rings. The number of aromatic nitrogens is 5. The maximum absolute atomic E-state index is 10.6. The highest BCUT2D eigenvalue weighted by Crippen LogP contribution is 2.23. The van der Waals surface area contributed by atoms with Gasteiger partial charge in [0.25, 0.3) is 0 Å². The van der Waals surface area contributed by atoms with Crippen molar-refractivity contribution in [2.45, 2.75) is 37.3 Å². The number of thioether (sulfide) groups is 1. The Balaban J connectivity index is 2.11. The minimum atomic E-state index is -0.467. The van der Waals surface area contributed by atoms with Gasteiger partial charge in [-0.25, -0.2) is 0 Å². The summed E-state index contributed by atoms with van der Waals surface area (Å²) in [6.07, 6.45) is 4.41. The fourth-order valence-corrected chi connectivity index (χ4v) is 2.59. The molecular weight excluding hydrogens is 292 g/mol. The topological polar surface area (TPSA) is 91.7 Å². The minimum Gasteiger partial charge on any atom is -0.302 e. The van der Waals surface area contributed by atoms with Crippen molar-refractivity contribution < 1.29 is 4.92 Å². The third-order valence-corrected chi connectivity index (χ3v) is 3.68. The zero-order chi connectivity index (χ0) is 15.4. The van der Waals surface area contributed by atoms with Crippen LogP contribution in [-0.4, -0.2) is 29.5 Å². The van der Waals surface area contributed by atoms with Crippen molar-refractivity contribution in [2.75, 3.05) is 0 Å². The van der Waals surface area contributed by atoms with E-state index in [4.69, 9.17) is 0 Å². The standard InChI is InChI=1S/C12H16N6O2S/c1-4-5-17-11(9(2)3)14-15-12(17)21-8-16-7-10(6-13-16)18(19)20/h4,6-7,9H,1,5,8H2,2-3H3. The van der Waals surface area contributed by atoms with Gasteiger partial charge in [0.2, 0.25) is 0 Å². The summed E-state index contributed by atoms with van der Waals surface area (Å²) in [6, 6.07) is 0. The monoisotopic (exact) mass is 308 g/mol. The van der Waals surface area contributed by atoms with Crippen molar-refractivity contribution in [3.05, 3.63) is 41.0 Å². The molecule has 21 heavy (non-hydrogen) atoms. The van der Waals surface area contributed by atoms with E-state index in [0.717, 1.165) is 11.0 Å². The molecule has 9 heteroatoms. The van der Waals surface area contributed by atoms with E-state index in [1.54, 1.807) is 6.08 Å². The van der Waals surface area contributed by atoms with Crippen LogP contribution in [0.5, 0.6) is 0 Å². The van der Waals surface area contributed by atoms with Gasteiger partial charge >= 0.3 is 5.69 Å². The van der Waals surface area contributed by atoms with Gasteiger partial charge < -0.3 is 4.57 Å². The van der Waals surface area contributed by atoms with Crippen LogP contribution in [0.4, 0.5) is 5.69 Å². The van der Waals surface area contributed by atoms with E-state index in [-0.39, 0.29) is 11.6 Å². The quantitative estimate of drug-likeness (QED) is 0.337. The molecule has 0 N–H and O–H groups in total. The molecule has 0 aliphatic rings. The SMILES string of the molecule is C=CCn1c(SCn2cc([N+](=O)[O-])cn2)nnc1C(C)C. The van der Waals surface area contributed by atoms with Crippen LogP contribution in [0, 0.1) is 10.1 Å². The Bertz CT molecular complexity index is 648. The summed E-state index contributed by atoms with van der Waals surface area (Å²) in [6.45, 7) is 8.47. The minimum absolute atomic E-state index is 0.0222. The van der Waals surface area contributed by atoms with Crippen LogP contribution in [-0.2, 0) is 12.4 Å². The van der Waals surface area contributed by atoms with E-state index >= 15 is 0 Å². The first-order valence-corrected chi connectivity index (χ1v) is 7.35. The smallest absolute Gasteiger partial charge is 0.302 e. The van der Waals surface area contributed by atoms with E-state index in [1.165, 1.54) is 28.8 Å². The first kappa shape index (κ1) is 15.2. The molecule has 0 saturated heterocycles. The van der Waals surface area contributed by atoms with Gasteiger partial charge in [-0.1, -0.05) is 31.7 Å². The summed E-state index contributed by atoms with van der Waals surface area (Å²) >= 11 is 1.42. The van der Waals surface area contributed by atoms with Crippen LogP contribution in [0.3, 0.4) is 0 Å². The molecule has 0 fully saturated rings. The molecular formula is C12H16N6O2S. The van der Waals surface area contributed by atoms with E-state index in [9.17, 15) is 10.1 Å². The number of rotatable bonds is 7. The number of hydrogen-bond acceptors (Lipinski definition) is 6. The zero-order valence-electron chi connectivity index (χ0n) is 11.8. The summed E-state index contributed by atoms with van der Waals surface area (Å²) in [7, 11) is 0. The molecule has 0 radical (unpaired) electrons. The summed E-state index contributed by atoms with van der Waals surface area (Å²) < 4.78 is 3.49. The molecule has 2 aromatic heterocycles. The summed E-state index contributed by atoms with van der Waals surface area (Å²) in [5, 5.41) is 23.7. The van der Waals surface area contributed by atoms with Gasteiger partial charge in [-0.3, -0.25) is 14.8 Å². The zero-order valence-corrected chi connectivity index (χ0v) is 12.7. The van der Waals surface area contributed by atoms with Gasteiger partial charge in [0.1, 0.15) is 18.2 Å². The maximum Gasteiger partial charge on any atom is 0.307 e. The number of nitro groups is 1. The lowest BCUT2D eigenvalue weighted by Gasteiger charge is -2.09. The van der Waals surface area contributed by atoms with Gasteiger partial charge in [0.15, 0.2) is 5.16 Å². The van der Waals surface area contributed by atoms with E-state index in [0.29, 0.717) is 12.4 Å². The summed E-state index contributed by atoms with van der Waals surface area (Å²) in [5.41, 5.74) is -0.0222. The molecule has 0 aromatic carbocycles. The largest absolute Gasteiger partial charge is 0.307 e. The lowest BCUT2D eigenvalue weighted by atomic mass is 10.2. The Morgan fingerprint density at radius 2 is 2.29 bits per heavy atom. The predicted molar refractivity (Wildman–Crippen MR) is 79.0 cm³/mol. The molecule has 0 unspecified atom stereocenters. The molecule has 0 atom stereocenters. The Labute approximate surface area is 126 Å².